The summed E-state index contributed by atoms with van der Waals surface area (Å²) in [6, 6.07) is 12.0. The lowest BCUT2D eigenvalue weighted by atomic mass is 10.1. The molecule has 1 unspecified atom stereocenters. The van der Waals surface area contributed by atoms with Crippen molar-refractivity contribution < 1.29 is 19.0 Å². The van der Waals surface area contributed by atoms with Crippen LogP contribution in [0.4, 0.5) is 0 Å². The first kappa shape index (κ1) is 24.3. The van der Waals surface area contributed by atoms with E-state index in [9.17, 15) is 0 Å². The largest absolute Gasteiger partial charge is 0.493 e. The van der Waals surface area contributed by atoms with Gasteiger partial charge in [0, 0.05) is 5.56 Å². The average Bonchev–Trinajstić information content (AvgIpc) is 2.73. The van der Waals surface area contributed by atoms with E-state index in [1.165, 1.54) is 0 Å². The number of ether oxygens (including phenoxy) is 3. The number of hydrogen-bond donors (Lipinski definition) is 0. The molecule has 5 heteroatoms. The summed E-state index contributed by atoms with van der Waals surface area (Å²) in [5, 5.41) is 3.98. The van der Waals surface area contributed by atoms with Crippen LogP contribution in [0.5, 0.6) is 17.2 Å². The third-order valence-corrected chi connectivity index (χ3v) is 4.83. The van der Waals surface area contributed by atoms with E-state index in [1.54, 1.807) is 7.11 Å². The molecule has 0 aliphatic carbocycles. The Morgan fingerprint density at radius 1 is 1.06 bits per heavy atom. The van der Waals surface area contributed by atoms with Gasteiger partial charge in [0.2, 0.25) is 0 Å². The molecule has 1 atom stereocenters. The number of hydrogen-bond acceptors (Lipinski definition) is 5. The maximum atomic E-state index is 6.07. The second-order valence-corrected chi connectivity index (χ2v) is 7.57. The van der Waals surface area contributed by atoms with Gasteiger partial charge in [0.1, 0.15) is 31.0 Å². The van der Waals surface area contributed by atoms with Gasteiger partial charge in [-0.1, -0.05) is 29.4 Å². The number of benzene rings is 2. The minimum Gasteiger partial charge on any atom is -0.493 e. The summed E-state index contributed by atoms with van der Waals surface area (Å²) in [5.74, 6) is 2.64. The Morgan fingerprint density at radius 3 is 2.48 bits per heavy atom. The Bertz CT molecular complexity index is 866. The van der Waals surface area contributed by atoms with Crippen molar-refractivity contribution >= 4 is 5.71 Å². The van der Waals surface area contributed by atoms with Crippen LogP contribution in [-0.2, 0) is 4.84 Å². The Labute approximate surface area is 186 Å². The summed E-state index contributed by atoms with van der Waals surface area (Å²) < 4.78 is 17.9. The lowest BCUT2D eigenvalue weighted by Gasteiger charge is -2.17. The molecule has 2 aromatic carbocycles. The number of allylic oxidation sites excluding steroid dienone is 1. The van der Waals surface area contributed by atoms with E-state index in [-0.39, 0.29) is 6.10 Å². The first-order valence-corrected chi connectivity index (χ1v) is 10.8. The summed E-state index contributed by atoms with van der Waals surface area (Å²) >= 11 is 0. The monoisotopic (exact) mass is 425 g/mol. The normalized spacial score (nSPS) is 12.6. The Hall–Kier alpha value is -2.95. The SMILES string of the molecule is C/C=C/COc1cc(C)c(OCCCC(C)Oc2cccc(/C(C)=N/OC)c2)c(C)c1. The van der Waals surface area contributed by atoms with Crippen molar-refractivity contribution in [3.8, 4) is 17.2 Å². The Balaban J connectivity index is 1.82. The molecule has 0 heterocycles. The van der Waals surface area contributed by atoms with Crippen molar-refractivity contribution in [3.63, 3.8) is 0 Å². The number of oxime groups is 1. The third kappa shape index (κ3) is 8.00. The van der Waals surface area contributed by atoms with Crippen LogP contribution in [-0.4, -0.2) is 32.1 Å². The zero-order chi connectivity index (χ0) is 22.6. The topological polar surface area (TPSA) is 49.3 Å². The number of rotatable bonds is 12. The van der Waals surface area contributed by atoms with Gasteiger partial charge in [-0.3, -0.25) is 0 Å². The molecule has 168 valence electrons. The fourth-order valence-electron chi connectivity index (χ4n) is 3.28. The zero-order valence-corrected chi connectivity index (χ0v) is 19.6. The van der Waals surface area contributed by atoms with Crippen LogP contribution in [0.25, 0.3) is 0 Å². The maximum Gasteiger partial charge on any atom is 0.125 e. The second-order valence-electron chi connectivity index (χ2n) is 7.57. The van der Waals surface area contributed by atoms with E-state index >= 15 is 0 Å². The molecule has 0 N–H and O–H groups in total. The van der Waals surface area contributed by atoms with Gasteiger partial charge < -0.3 is 19.0 Å². The predicted octanol–water partition coefficient (Wildman–Crippen LogP) is 6.26. The first-order valence-electron chi connectivity index (χ1n) is 10.8. The fraction of sp³-hybridized carbons (Fsp3) is 0.423. The highest BCUT2D eigenvalue weighted by molar-refractivity contribution is 5.98. The van der Waals surface area contributed by atoms with Crippen LogP contribution in [0, 0.1) is 13.8 Å². The van der Waals surface area contributed by atoms with Gasteiger partial charge in [-0.05, 0) is 82.9 Å². The predicted molar refractivity (Wildman–Crippen MR) is 127 cm³/mol. The van der Waals surface area contributed by atoms with Crippen LogP contribution in [0.1, 0.15) is 50.3 Å². The van der Waals surface area contributed by atoms with E-state index in [1.807, 2.05) is 62.4 Å². The van der Waals surface area contributed by atoms with Gasteiger partial charge in [-0.2, -0.15) is 0 Å². The second kappa shape index (κ2) is 12.7. The van der Waals surface area contributed by atoms with Crippen molar-refractivity contribution in [2.45, 2.75) is 53.6 Å². The van der Waals surface area contributed by atoms with Gasteiger partial charge in [0.05, 0.1) is 18.4 Å². The highest BCUT2D eigenvalue weighted by atomic mass is 16.6. The van der Waals surface area contributed by atoms with Gasteiger partial charge in [0.25, 0.3) is 0 Å². The maximum absolute atomic E-state index is 6.07. The molecular formula is C26H35NO4. The molecule has 0 aliphatic rings. The molecule has 0 aliphatic heterocycles. The zero-order valence-electron chi connectivity index (χ0n) is 19.6. The Morgan fingerprint density at radius 2 is 1.81 bits per heavy atom. The van der Waals surface area contributed by atoms with Crippen LogP contribution >= 0.6 is 0 Å². The lowest BCUT2D eigenvalue weighted by Crippen LogP contribution is -2.14. The van der Waals surface area contributed by atoms with Gasteiger partial charge in [-0.15, -0.1) is 0 Å². The molecule has 0 amide bonds. The summed E-state index contributed by atoms with van der Waals surface area (Å²) in [4.78, 5) is 4.85. The quantitative estimate of drug-likeness (QED) is 0.174. The van der Waals surface area contributed by atoms with Crippen LogP contribution < -0.4 is 14.2 Å². The molecule has 0 saturated carbocycles. The van der Waals surface area contributed by atoms with Crippen LogP contribution in [0.15, 0.2) is 53.7 Å². The van der Waals surface area contributed by atoms with Crippen molar-refractivity contribution in [3.05, 3.63) is 65.2 Å². The summed E-state index contributed by atoms with van der Waals surface area (Å²) in [7, 11) is 1.55. The first-order chi connectivity index (χ1) is 14.9. The standard InChI is InChI=1S/C26H35NO4/c1-7-8-14-29-25-16-19(2)26(20(3)17-25)30-15-10-11-21(4)31-24-13-9-12-23(18-24)22(5)27-28-6/h7-9,12-13,16-18,21H,10-11,14-15H2,1-6H3/b8-7+,27-22+. The number of nitrogens with zero attached hydrogens (tertiary/aromatic N) is 1. The van der Waals surface area contributed by atoms with E-state index in [0.717, 1.165) is 52.5 Å². The molecule has 5 nitrogen and oxygen atoms in total. The number of aryl methyl sites for hydroxylation is 2. The van der Waals surface area contributed by atoms with Crippen molar-refractivity contribution in [1.82, 2.24) is 0 Å². The Kier molecular flexibility index (Phi) is 9.95. The van der Waals surface area contributed by atoms with Crippen molar-refractivity contribution in [1.29, 1.82) is 0 Å². The summed E-state index contributed by atoms with van der Waals surface area (Å²) in [6.45, 7) is 11.3. The molecule has 2 aromatic rings. The summed E-state index contributed by atoms with van der Waals surface area (Å²) in [5.41, 5.74) is 3.98. The third-order valence-electron chi connectivity index (χ3n) is 4.83. The highest BCUT2D eigenvalue weighted by Crippen LogP contribution is 2.29. The minimum absolute atomic E-state index is 0.0862. The van der Waals surface area contributed by atoms with E-state index < -0.39 is 0 Å². The molecule has 2 rings (SSSR count). The van der Waals surface area contributed by atoms with Gasteiger partial charge >= 0.3 is 0 Å². The van der Waals surface area contributed by atoms with Crippen molar-refractivity contribution in [2.75, 3.05) is 20.3 Å². The van der Waals surface area contributed by atoms with Crippen LogP contribution in [0.3, 0.4) is 0 Å². The van der Waals surface area contributed by atoms with E-state index in [0.29, 0.717) is 13.2 Å². The minimum atomic E-state index is 0.0862. The van der Waals surface area contributed by atoms with E-state index in [4.69, 9.17) is 19.0 Å². The molecular weight excluding hydrogens is 390 g/mol. The van der Waals surface area contributed by atoms with Gasteiger partial charge in [0.15, 0.2) is 0 Å². The van der Waals surface area contributed by atoms with Crippen LogP contribution in [0.2, 0.25) is 0 Å². The highest BCUT2D eigenvalue weighted by Gasteiger charge is 2.09. The van der Waals surface area contributed by atoms with E-state index in [2.05, 4.69) is 25.9 Å². The molecule has 0 fully saturated rings. The average molecular weight is 426 g/mol. The fourth-order valence-corrected chi connectivity index (χ4v) is 3.28. The van der Waals surface area contributed by atoms with Crippen molar-refractivity contribution in [2.24, 2.45) is 5.16 Å². The lowest BCUT2D eigenvalue weighted by molar-refractivity contribution is 0.193. The molecule has 31 heavy (non-hydrogen) atoms. The molecule has 0 bridgehead atoms. The molecule has 0 radical (unpaired) electrons. The smallest absolute Gasteiger partial charge is 0.125 e. The molecule has 0 spiro atoms. The summed E-state index contributed by atoms with van der Waals surface area (Å²) in [6.07, 6.45) is 5.86. The van der Waals surface area contributed by atoms with Gasteiger partial charge in [-0.25, -0.2) is 0 Å². The molecule has 0 saturated heterocycles. The molecule has 0 aromatic heterocycles.